The summed E-state index contributed by atoms with van der Waals surface area (Å²) in [7, 11) is 0. The molecule has 2 N–H and O–H groups in total. The predicted octanol–water partition coefficient (Wildman–Crippen LogP) is 11.1. The second-order valence-electron chi connectivity index (χ2n) is 13.1. The number of hydrogen-bond donors (Lipinski definition) is 2. The summed E-state index contributed by atoms with van der Waals surface area (Å²) >= 11 is 0. The quantitative estimate of drug-likeness (QED) is 0.137. The van der Waals surface area contributed by atoms with E-state index < -0.39 is 0 Å². The van der Waals surface area contributed by atoms with Gasteiger partial charge in [-0.2, -0.15) is 0 Å². The Morgan fingerprint density at radius 2 is 0.857 bits per heavy atom. The Hall–Kier alpha value is -7.32. The molecule has 8 heteroatoms. The largest absolute Gasteiger partial charge is 0.494 e. The molecule has 0 saturated heterocycles. The number of benzene rings is 6. The molecule has 0 bridgehead atoms. The number of amides is 2. The van der Waals surface area contributed by atoms with Gasteiger partial charge in [-0.1, -0.05) is 72.8 Å². The molecule has 2 amide bonds. The third kappa shape index (κ3) is 7.67. The lowest BCUT2D eigenvalue weighted by Crippen LogP contribution is -2.13. The second kappa shape index (κ2) is 16.0. The lowest BCUT2D eigenvalue weighted by Gasteiger charge is -2.14. The number of pyridine rings is 2. The summed E-state index contributed by atoms with van der Waals surface area (Å²) in [6.45, 7) is 4.97. The predicted molar refractivity (Wildman–Crippen MR) is 224 cm³/mol. The molecule has 0 aliphatic rings. The number of carbonyl (C=O) groups excluding carboxylic acids is 2. The molecule has 2 heterocycles. The molecule has 2 aromatic heterocycles. The number of aromatic nitrogens is 2. The molecule has 274 valence electrons. The van der Waals surface area contributed by atoms with Gasteiger partial charge in [-0.15, -0.1) is 0 Å². The van der Waals surface area contributed by atoms with Gasteiger partial charge in [0, 0.05) is 33.3 Å². The van der Waals surface area contributed by atoms with Crippen molar-refractivity contribution in [1.82, 2.24) is 9.97 Å². The average molecular weight is 735 g/mol. The number of nitrogens with zero attached hydrogens (tertiary/aromatic N) is 2. The van der Waals surface area contributed by atoms with Gasteiger partial charge < -0.3 is 20.1 Å². The van der Waals surface area contributed by atoms with Gasteiger partial charge in [0.15, 0.2) is 0 Å². The van der Waals surface area contributed by atoms with Gasteiger partial charge in [-0.25, -0.2) is 9.97 Å². The Labute approximate surface area is 324 Å². The minimum absolute atomic E-state index is 0.264. The van der Waals surface area contributed by atoms with Gasteiger partial charge in [0.05, 0.1) is 46.8 Å². The fourth-order valence-electron chi connectivity index (χ4n) is 6.70. The molecular formula is C48H38N4O4. The van der Waals surface area contributed by atoms with Crippen LogP contribution in [-0.4, -0.2) is 35.0 Å². The minimum atomic E-state index is -0.264. The Morgan fingerprint density at radius 1 is 0.464 bits per heavy atom. The summed E-state index contributed by atoms with van der Waals surface area (Å²) in [5, 5.41) is 7.52. The van der Waals surface area contributed by atoms with Crippen molar-refractivity contribution in [3.05, 3.63) is 169 Å². The van der Waals surface area contributed by atoms with Gasteiger partial charge in [-0.3, -0.25) is 9.59 Å². The first-order valence-electron chi connectivity index (χ1n) is 18.5. The van der Waals surface area contributed by atoms with Crippen molar-refractivity contribution < 1.29 is 19.1 Å². The van der Waals surface area contributed by atoms with E-state index in [2.05, 4.69) is 10.6 Å². The number of anilines is 2. The van der Waals surface area contributed by atoms with E-state index in [4.69, 9.17) is 19.4 Å². The van der Waals surface area contributed by atoms with Crippen LogP contribution in [0.5, 0.6) is 11.5 Å². The summed E-state index contributed by atoms with van der Waals surface area (Å²) in [4.78, 5) is 38.1. The summed E-state index contributed by atoms with van der Waals surface area (Å²) in [5.74, 6) is 0.935. The van der Waals surface area contributed by atoms with Crippen LogP contribution in [0.4, 0.5) is 11.4 Å². The molecule has 8 rings (SSSR count). The summed E-state index contributed by atoms with van der Waals surface area (Å²) < 4.78 is 11.2. The molecule has 0 saturated carbocycles. The summed E-state index contributed by atoms with van der Waals surface area (Å²) in [5.41, 5.74) is 8.52. The third-order valence-corrected chi connectivity index (χ3v) is 9.43. The van der Waals surface area contributed by atoms with Crippen molar-refractivity contribution in [1.29, 1.82) is 0 Å². The van der Waals surface area contributed by atoms with Crippen LogP contribution >= 0.6 is 0 Å². The number of fused-ring (bicyclic) bond motifs is 2. The van der Waals surface area contributed by atoms with E-state index in [0.29, 0.717) is 68.9 Å². The van der Waals surface area contributed by atoms with Crippen molar-refractivity contribution in [2.75, 3.05) is 23.8 Å². The van der Waals surface area contributed by atoms with Gasteiger partial charge in [-0.05, 0) is 110 Å². The van der Waals surface area contributed by atoms with Crippen molar-refractivity contribution in [2.24, 2.45) is 0 Å². The third-order valence-electron chi connectivity index (χ3n) is 9.43. The summed E-state index contributed by atoms with van der Waals surface area (Å²) in [6.07, 6.45) is 0. The van der Waals surface area contributed by atoms with Crippen LogP contribution in [0.1, 0.15) is 34.6 Å². The highest BCUT2D eigenvalue weighted by molar-refractivity contribution is 6.15. The fourth-order valence-corrected chi connectivity index (χ4v) is 6.70. The lowest BCUT2D eigenvalue weighted by molar-refractivity contribution is 0.102. The Bertz CT molecular complexity index is 2490. The normalized spacial score (nSPS) is 11.0. The molecule has 56 heavy (non-hydrogen) atoms. The maximum absolute atomic E-state index is 14.1. The number of carbonyl (C=O) groups is 2. The smallest absolute Gasteiger partial charge is 0.256 e. The van der Waals surface area contributed by atoms with Crippen molar-refractivity contribution in [3.63, 3.8) is 0 Å². The van der Waals surface area contributed by atoms with Gasteiger partial charge in [0.1, 0.15) is 11.5 Å². The van der Waals surface area contributed by atoms with Crippen LogP contribution in [0, 0.1) is 0 Å². The van der Waals surface area contributed by atoms with Crippen LogP contribution < -0.4 is 20.1 Å². The molecular weight excluding hydrogens is 697 g/mol. The van der Waals surface area contributed by atoms with E-state index in [0.717, 1.165) is 33.8 Å². The van der Waals surface area contributed by atoms with Crippen molar-refractivity contribution in [2.45, 2.75) is 13.8 Å². The zero-order chi connectivity index (χ0) is 38.4. The van der Waals surface area contributed by atoms with E-state index in [9.17, 15) is 9.59 Å². The Balaban J connectivity index is 1.21. The first kappa shape index (κ1) is 35.7. The monoisotopic (exact) mass is 734 g/mol. The molecule has 0 fully saturated rings. The molecule has 6 aromatic carbocycles. The zero-order valence-electron chi connectivity index (χ0n) is 31.0. The topological polar surface area (TPSA) is 102 Å². The number of nitrogens with one attached hydrogen (secondary N) is 2. The standard InChI is InChI=1S/C48H38N4O4/c1-3-55-37-21-17-35(18-22-37)49-47(53)41-29-45(31-11-7-5-8-12-31)51-43-25-15-33(27-39(41)43)34-16-26-44-40(28-34)42(30-46(52-44)32-13-9-6-10-14-32)48(54)50-36-19-23-38(24-20-36)56-4-2/h5-30H,3-4H2,1-2H3,(H,49,53)(H,50,54). The second-order valence-corrected chi connectivity index (χ2v) is 13.1. The zero-order valence-corrected chi connectivity index (χ0v) is 31.0. The Morgan fingerprint density at radius 3 is 1.23 bits per heavy atom. The fraction of sp³-hybridized carbons (Fsp3) is 0.0833. The maximum Gasteiger partial charge on any atom is 0.256 e. The van der Waals surface area contributed by atoms with Crippen LogP contribution in [0.15, 0.2) is 158 Å². The highest BCUT2D eigenvalue weighted by Crippen LogP contribution is 2.33. The van der Waals surface area contributed by atoms with E-state index in [1.54, 1.807) is 0 Å². The molecule has 0 atom stereocenters. The molecule has 8 nitrogen and oxygen atoms in total. The van der Waals surface area contributed by atoms with Crippen LogP contribution in [0.25, 0.3) is 55.4 Å². The van der Waals surface area contributed by atoms with Gasteiger partial charge >= 0.3 is 0 Å². The highest BCUT2D eigenvalue weighted by Gasteiger charge is 2.18. The van der Waals surface area contributed by atoms with E-state index >= 15 is 0 Å². The van der Waals surface area contributed by atoms with Crippen LogP contribution in [0.2, 0.25) is 0 Å². The first-order chi connectivity index (χ1) is 27.4. The average Bonchev–Trinajstić information content (AvgIpc) is 3.24. The van der Waals surface area contributed by atoms with Crippen LogP contribution in [0.3, 0.4) is 0 Å². The number of ether oxygens (including phenoxy) is 2. The SMILES string of the molecule is CCOc1ccc(NC(=O)c2cc(-c3ccccc3)nc3ccc(-c4ccc5nc(-c6ccccc6)cc(C(=O)Nc6ccc(OCC)cc6)c5c4)cc23)cc1. The number of rotatable bonds is 11. The molecule has 0 spiro atoms. The molecule has 0 unspecified atom stereocenters. The van der Waals surface area contributed by atoms with E-state index in [1.165, 1.54) is 0 Å². The van der Waals surface area contributed by atoms with E-state index in [1.807, 2.05) is 172 Å². The minimum Gasteiger partial charge on any atom is -0.494 e. The Kier molecular flexibility index (Phi) is 10.2. The van der Waals surface area contributed by atoms with E-state index in [-0.39, 0.29) is 11.8 Å². The van der Waals surface area contributed by atoms with Crippen LogP contribution in [-0.2, 0) is 0 Å². The van der Waals surface area contributed by atoms with Crippen molar-refractivity contribution >= 4 is 45.0 Å². The van der Waals surface area contributed by atoms with Crippen molar-refractivity contribution in [3.8, 4) is 45.1 Å². The highest BCUT2D eigenvalue weighted by atomic mass is 16.5. The summed E-state index contributed by atoms with van der Waals surface area (Å²) in [6, 6.07) is 49.8. The first-order valence-corrected chi connectivity index (χ1v) is 18.5. The molecule has 0 radical (unpaired) electrons. The van der Waals surface area contributed by atoms with Gasteiger partial charge in [0.25, 0.3) is 11.8 Å². The maximum atomic E-state index is 14.1. The molecule has 0 aliphatic heterocycles. The van der Waals surface area contributed by atoms with Gasteiger partial charge in [0.2, 0.25) is 0 Å². The molecule has 8 aromatic rings. The number of hydrogen-bond acceptors (Lipinski definition) is 6. The lowest BCUT2D eigenvalue weighted by atomic mass is 9.96. The molecule has 0 aliphatic carbocycles.